The zero-order valence-corrected chi connectivity index (χ0v) is 13.8. The van der Waals surface area contributed by atoms with Crippen LogP contribution >= 0.6 is 23.2 Å². The lowest BCUT2D eigenvalue weighted by Crippen LogP contribution is -2.21. The van der Waals surface area contributed by atoms with Crippen molar-refractivity contribution in [3.8, 4) is 11.1 Å². The number of nitrogens with one attached hydrogen (secondary N) is 1. The maximum atomic E-state index is 13.5. The first kappa shape index (κ1) is 16.3. The number of aryl methyl sites for hydroxylation is 1. The highest BCUT2D eigenvalue weighted by Gasteiger charge is 2.10. The average Bonchev–Trinajstić information content (AvgIpc) is 2.41. The molecule has 0 heterocycles. The molecular weight excluding hydrogens is 308 g/mol. The molecule has 0 saturated heterocycles. The molecule has 4 heteroatoms. The van der Waals surface area contributed by atoms with Crippen LogP contribution in [-0.2, 0) is 6.54 Å². The van der Waals surface area contributed by atoms with Crippen LogP contribution in [0.1, 0.15) is 25.0 Å². The van der Waals surface area contributed by atoms with Crippen LogP contribution in [0, 0.1) is 12.7 Å². The minimum Gasteiger partial charge on any atom is -0.310 e. The van der Waals surface area contributed by atoms with E-state index in [9.17, 15) is 4.39 Å². The normalized spacial score (nSPS) is 11.2. The van der Waals surface area contributed by atoms with Gasteiger partial charge in [-0.2, -0.15) is 0 Å². The van der Waals surface area contributed by atoms with E-state index in [0.29, 0.717) is 28.2 Å². The second-order valence-electron chi connectivity index (χ2n) is 5.42. The summed E-state index contributed by atoms with van der Waals surface area (Å²) >= 11 is 12.5. The third kappa shape index (κ3) is 3.97. The molecule has 0 aromatic heterocycles. The van der Waals surface area contributed by atoms with E-state index in [0.717, 1.165) is 16.7 Å². The van der Waals surface area contributed by atoms with E-state index in [1.54, 1.807) is 13.0 Å². The topological polar surface area (TPSA) is 12.0 Å². The predicted molar refractivity (Wildman–Crippen MR) is 88.6 cm³/mol. The Labute approximate surface area is 135 Å². The van der Waals surface area contributed by atoms with Crippen molar-refractivity contribution >= 4 is 23.2 Å². The van der Waals surface area contributed by atoms with Gasteiger partial charge < -0.3 is 5.32 Å². The smallest absolute Gasteiger partial charge is 0.127 e. The maximum absolute atomic E-state index is 13.5. The van der Waals surface area contributed by atoms with Crippen LogP contribution in [0.4, 0.5) is 4.39 Å². The molecule has 0 atom stereocenters. The Morgan fingerprint density at radius 2 is 1.81 bits per heavy atom. The molecule has 21 heavy (non-hydrogen) atoms. The summed E-state index contributed by atoms with van der Waals surface area (Å²) in [6.07, 6.45) is 0. The molecule has 2 aromatic rings. The van der Waals surface area contributed by atoms with Gasteiger partial charge in [-0.25, -0.2) is 4.39 Å². The van der Waals surface area contributed by atoms with Crippen molar-refractivity contribution in [2.75, 3.05) is 0 Å². The summed E-state index contributed by atoms with van der Waals surface area (Å²) in [7, 11) is 0. The van der Waals surface area contributed by atoms with Gasteiger partial charge in [0.05, 0.1) is 5.02 Å². The van der Waals surface area contributed by atoms with Crippen LogP contribution in [0.3, 0.4) is 0 Å². The van der Waals surface area contributed by atoms with E-state index in [2.05, 4.69) is 19.2 Å². The van der Waals surface area contributed by atoms with Gasteiger partial charge in [0.15, 0.2) is 0 Å². The predicted octanol–water partition coefficient (Wildman–Crippen LogP) is 5.61. The number of hydrogen-bond acceptors (Lipinski definition) is 1. The number of hydrogen-bond donors (Lipinski definition) is 1. The van der Waals surface area contributed by atoms with Gasteiger partial charge in [0.25, 0.3) is 0 Å². The second kappa shape index (κ2) is 6.78. The van der Waals surface area contributed by atoms with Crippen LogP contribution in [0.15, 0.2) is 30.3 Å². The summed E-state index contributed by atoms with van der Waals surface area (Å²) in [6.45, 7) is 6.61. The Hall–Kier alpha value is -1.09. The van der Waals surface area contributed by atoms with E-state index in [-0.39, 0.29) is 5.82 Å². The van der Waals surface area contributed by atoms with Gasteiger partial charge in [-0.15, -0.1) is 0 Å². The third-order valence-electron chi connectivity index (χ3n) is 3.31. The Morgan fingerprint density at radius 3 is 2.43 bits per heavy atom. The van der Waals surface area contributed by atoms with Crippen molar-refractivity contribution < 1.29 is 4.39 Å². The lowest BCUT2D eigenvalue weighted by Gasteiger charge is -2.12. The van der Waals surface area contributed by atoms with Gasteiger partial charge in [-0.3, -0.25) is 0 Å². The minimum atomic E-state index is -0.299. The van der Waals surface area contributed by atoms with Gasteiger partial charge in [-0.1, -0.05) is 49.2 Å². The summed E-state index contributed by atoms with van der Waals surface area (Å²) in [5.74, 6) is -0.299. The van der Waals surface area contributed by atoms with Crippen LogP contribution in [0.5, 0.6) is 0 Å². The van der Waals surface area contributed by atoms with E-state index < -0.39 is 0 Å². The highest BCUT2D eigenvalue weighted by atomic mass is 35.5. The molecule has 0 aliphatic carbocycles. The Balaban J connectivity index is 2.34. The lowest BCUT2D eigenvalue weighted by molar-refractivity contribution is 0.589. The van der Waals surface area contributed by atoms with Crippen LogP contribution < -0.4 is 5.32 Å². The molecule has 1 nitrogen and oxygen atoms in total. The second-order valence-corrected chi connectivity index (χ2v) is 6.24. The minimum absolute atomic E-state index is 0.299. The first-order valence-electron chi connectivity index (χ1n) is 6.86. The fourth-order valence-corrected chi connectivity index (χ4v) is 2.56. The molecule has 0 spiro atoms. The molecule has 0 unspecified atom stereocenters. The average molecular weight is 326 g/mol. The fraction of sp³-hybridized carbons (Fsp3) is 0.294. The Morgan fingerprint density at radius 1 is 1.10 bits per heavy atom. The van der Waals surface area contributed by atoms with E-state index in [4.69, 9.17) is 23.2 Å². The van der Waals surface area contributed by atoms with E-state index in [1.807, 2.05) is 18.2 Å². The van der Waals surface area contributed by atoms with Crippen molar-refractivity contribution in [2.24, 2.45) is 0 Å². The molecule has 0 radical (unpaired) electrons. The van der Waals surface area contributed by atoms with Crippen LogP contribution in [-0.4, -0.2) is 6.04 Å². The Kier molecular flexibility index (Phi) is 5.26. The molecule has 1 N–H and O–H groups in total. The summed E-state index contributed by atoms with van der Waals surface area (Å²) < 4.78 is 13.5. The van der Waals surface area contributed by atoms with Gasteiger partial charge in [-0.05, 0) is 41.8 Å². The zero-order chi connectivity index (χ0) is 15.6. The summed E-state index contributed by atoms with van der Waals surface area (Å²) in [5, 5.41) is 4.40. The molecule has 2 aromatic carbocycles. The molecule has 0 aliphatic rings. The maximum Gasteiger partial charge on any atom is 0.127 e. The molecule has 112 valence electrons. The van der Waals surface area contributed by atoms with Crippen molar-refractivity contribution in [2.45, 2.75) is 33.4 Å². The molecular formula is C17H18Cl2FN. The molecule has 0 fully saturated rings. The number of benzene rings is 2. The summed E-state index contributed by atoms with van der Waals surface area (Å²) in [6, 6.07) is 9.29. The number of rotatable bonds is 4. The molecule has 2 rings (SSSR count). The summed E-state index contributed by atoms with van der Waals surface area (Å²) in [5.41, 5.74) is 3.28. The number of halogens is 3. The van der Waals surface area contributed by atoms with Gasteiger partial charge in [0, 0.05) is 23.2 Å². The van der Waals surface area contributed by atoms with E-state index in [1.165, 1.54) is 6.07 Å². The SMILES string of the molecule is Cc1cc(-c2ccc(CNC(C)C)c(Cl)c2)c(Cl)cc1F. The first-order valence-corrected chi connectivity index (χ1v) is 7.62. The monoisotopic (exact) mass is 325 g/mol. The van der Waals surface area contributed by atoms with Crippen molar-refractivity contribution in [3.63, 3.8) is 0 Å². The van der Waals surface area contributed by atoms with Crippen molar-refractivity contribution in [1.29, 1.82) is 0 Å². The van der Waals surface area contributed by atoms with Crippen molar-refractivity contribution in [1.82, 2.24) is 5.32 Å². The van der Waals surface area contributed by atoms with Gasteiger partial charge >= 0.3 is 0 Å². The summed E-state index contributed by atoms with van der Waals surface area (Å²) in [4.78, 5) is 0. The van der Waals surface area contributed by atoms with E-state index >= 15 is 0 Å². The zero-order valence-electron chi connectivity index (χ0n) is 12.3. The highest BCUT2D eigenvalue weighted by Crippen LogP contribution is 2.32. The Bertz CT molecular complexity index is 653. The lowest BCUT2D eigenvalue weighted by atomic mass is 10.0. The largest absolute Gasteiger partial charge is 0.310 e. The highest BCUT2D eigenvalue weighted by molar-refractivity contribution is 6.34. The van der Waals surface area contributed by atoms with Crippen LogP contribution in [0.2, 0.25) is 10.0 Å². The van der Waals surface area contributed by atoms with Gasteiger partial charge in [0.2, 0.25) is 0 Å². The molecule has 0 saturated carbocycles. The standard InChI is InChI=1S/C17H18Cl2FN/c1-10(2)21-9-13-5-4-12(7-15(13)18)14-6-11(3)17(20)8-16(14)19/h4-8,10,21H,9H2,1-3H3. The fourth-order valence-electron chi connectivity index (χ4n) is 2.05. The molecule has 0 aliphatic heterocycles. The molecule has 0 amide bonds. The third-order valence-corrected chi connectivity index (χ3v) is 3.98. The first-order chi connectivity index (χ1) is 9.88. The quantitative estimate of drug-likeness (QED) is 0.770. The van der Waals surface area contributed by atoms with Crippen molar-refractivity contribution in [3.05, 3.63) is 57.3 Å². The molecule has 0 bridgehead atoms. The van der Waals surface area contributed by atoms with Crippen LogP contribution in [0.25, 0.3) is 11.1 Å². The van der Waals surface area contributed by atoms with Gasteiger partial charge in [0.1, 0.15) is 5.82 Å².